The van der Waals surface area contributed by atoms with Crippen LogP contribution in [0.15, 0.2) is 0 Å². The first-order valence-electron chi connectivity index (χ1n) is 8.59. The van der Waals surface area contributed by atoms with Crippen LogP contribution in [-0.2, 0) is 18.8 Å². The van der Waals surface area contributed by atoms with Crippen molar-refractivity contribution < 1.29 is 16.8 Å². The summed E-state index contributed by atoms with van der Waals surface area (Å²) < 4.78 is 33.0. The summed E-state index contributed by atoms with van der Waals surface area (Å²) in [5.41, 5.74) is 0. The molecule has 0 aromatic heterocycles. The van der Waals surface area contributed by atoms with Crippen molar-refractivity contribution >= 4 is 40.0 Å². The fraction of sp³-hybridized carbons (Fsp3) is 1.00. The molecule has 0 aliphatic carbocycles. The zero-order chi connectivity index (χ0) is 16.0. The van der Waals surface area contributed by atoms with Gasteiger partial charge in [0.25, 0.3) is 0 Å². The molecule has 0 saturated heterocycles. The molecule has 0 fully saturated rings. The Morgan fingerprint density at radius 3 is 1.86 bits per heavy atom. The molecule has 6 heteroatoms. The van der Waals surface area contributed by atoms with Crippen LogP contribution in [0.1, 0.15) is 91.4 Å². The maximum absolute atomic E-state index is 11.6. The monoisotopic (exact) mass is 346 g/mol. The van der Waals surface area contributed by atoms with Crippen molar-refractivity contribution in [2.75, 3.05) is 6.61 Å². The Hall–Kier alpha value is 0.870. The summed E-state index contributed by atoms with van der Waals surface area (Å²) in [4.78, 5) is 0. The predicted molar refractivity (Wildman–Crippen MR) is 94.7 cm³/mol. The van der Waals surface area contributed by atoms with E-state index in [1.165, 1.54) is 32.1 Å². The van der Waals surface area contributed by atoms with Gasteiger partial charge in [0.2, 0.25) is 0 Å². The van der Waals surface area contributed by atoms with E-state index < -0.39 is 10.4 Å². The molecule has 1 atom stereocenters. The third kappa shape index (κ3) is 17.2. The fourth-order valence-electron chi connectivity index (χ4n) is 2.17. The standard InChI is InChI=1S/C16H34O4S.Na.H/c1-4-6-8-9-10-11-12-13-15-19-21(17,18)20-16(3)14-7-5-2;;/h16H,4-15H2,1-3H3;;. The molecule has 0 bridgehead atoms. The van der Waals surface area contributed by atoms with Gasteiger partial charge in [-0.2, -0.15) is 8.42 Å². The Labute approximate surface area is 160 Å². The number of hydrogen-bond acceptors (Lipinski definition) is 4. The fourth-order valence-corrected chi connectivity index (χ4v) is 3.04. The summed E-state index contributed by atoms with van der Waals surface area (Å²) in [5.74, 6) is 0. The first-order chi connectivity index (χ1) is 10.0. The van der Waals surface area contributed by atoms with E-state index in [2.05, 4.69) is 13.8 Å². The Balaban J connectivity index is 0. The van der Waals surface area contributed by atoms with Gasteiger partial charge in [0.05, 0.1) is 12.7 Å². The summed E-state index contributed by atoms with van der Waals surface area (Å²) in [6.45, 7) is 6.29. The van der Waals surface area contributed by atoms with Gasteiger partial charge in [0.1, 0.15) is 0 Å². The van der Waals surface area contributed by atoms with Crippen molar-refractivity contribution in [3.63, 3.8) is 0 Å². The molecule has 22 heavy (non-hydrogen) atoms. The maximum atomic E-state index is 11.6. The van der Waals surface area contributed by atoms with Crippen LogP contribution in [0.4, 0.5) is 0 Å². The van der Waals surface area contributed by atoms with Crippen molar-refractivity contribution in [2.45, 2.75) is 97.5 Å². The average Bonchev–Trinajstić information content (AvgIpc) is 2.42. The third-order valence-corrected chi connectivity index (χ3v) is 4.49. The molecule has 0 radical (unpaired) electrons. The van der Waals surface area contributed by atoms with Gasteiger partial charge in [-0.05, 0) is 19.8 Å². The van der Waals surface area contributed by atoms with E-state index in [4.69, 9.17) is 8.37 Å². The molecule has 0 aromatic carbocycles. The molecule has 0 aliphatic heterocycles. The Morgan fingerprint density at radius 2 is 1.32 bits per heavy atom. The summed E-state index contributed by atoms with van der Waals surface area (Å²) in [7, 11) is -3.82. The van der Waals surface area contributed by atoms with Crippen molar-refractivity contribution in [1.29, 1.82) is 0 Å². The van der Waals surface area contributed by atoms with Crippen LogP contribution in [0.25, 0.3) is 0 Å². The molecule has 0 heterocycles. The van der Waals surface area contributed by atoms with Crippen molar-refractivity contribution in [3.05, 3.63) is 0 Å². The summed E-state index contributed by atoms with van der Waals surface area (Å²) in [6, 6.07) is 0. The van der Waals surface area contributed by atoms with Gasteiger partial charge < -0.3 is 0 Å². The van der Waals surface area contributed by atoms with Crippen molar-refractivity contribution in [1.82, 2.24) is 0 Å². The molecule has 0 rings (SSSR count). The molecule has 1 unspecified atom stereocenters. The van der Waals surface area contributed by atoms with Crippen LogP contribution in [0.3, 0.4) is 0 Å². The van der Waals surface area contributed by atoms with E-state index in [1.807, 2.05) is 0 Å². The Morgan fingerprint density at radius 1 is 0.818 bits per heavy atom. The molecule has 0 N–H and O–H groups in total. The molecule has 0 amide bonds. The van der Waals surface area contributed by atoms with E-state index in [-0.39, 0.29) is 42.3 Å². The second-order valence-electron chi connectivity index (χ2n) is 5.75. The molecule has 0 spiro atoms. The van der Waals surface area contributed by atoms with Gasteiger partial charge >= 0.3 is 40.0 Å². The topological polar surface area (TPSA) is 52.6 Å². The Bertz CT molecular complexity index is 320. The first kappa shape index (κ1) is 25.1. The van der Waals surface area contributed by atoms with Gasteiger partial charge in [-0.3, -0.25) is 0 Å². The second kappa shape index (κ2) is 16.7. The van der Waals surface area contributed by atoms with Gasteiger partial charge in [-0.25, -0.2) is 8.37 Å². The molecular formula is C16H35NaO4S. The number of rotatable bonds is 15. The van der Waals surface area contributed by atoms with Crippen LogP contribution in [0.2, 0.25) is 0 Å². The van der Waals surface area contributed by atoms with E-state index >= 15 is 0 Å². The van der Waals surface area contributed by atoms with Crippen LogP contribution < -0.4 is 0 Å². The van der Waals surface area contributed by atoms with Crippen LogP contribution in [0.5, 0.6) is 0 Å². The normalized spacial score (nSPS) is 12.9. The average molecular weight is 347 g/mol. The summed E-state index contributed by atoms with van der Waals surface area (Å²) in [6.07, 6.45) is 11.8. The van der Waals surface area contributed by atoms with Crippen LogP contribution >= 0.6 is 0 Å². The van der Waals surface area contributed by atoms with Crippen molar-refractivity contribution in [2.24, 2.45) is 0 Å². The quantitative estimate of drug-likeness (QED) is 0.327. The van der Waals surface area contributed by atoms with Gasteiger partial charge in [0, 0.05) is 0 Å². The van der Waals surface area contributed by atoms with E-state index in [9.17, 15) is 8.42 Å². The van der Waals surface area contributed by atoms with Gasteiger partial charge in [0.15, 0.2) is 0 Å². The van der Waals surface area contributed by atoms with Gasteiger partial charge in [-0.1, -0.05) is 71.6 Å². The van der Waals surface area contributed by atoms with E-state index in [0.29, 0.717) is 0 Å². The third-order valence-electron chi connectivity index (χ3n) is 3.47. The SMILES string of the molecule is CCCCCCCCCCOS(=O)(=O)OC(C)CCCC.[NaH]. The summed E-state index contributed by atoms with van der Waals surface area (Å²) in [5, 5.41) is 0. The first-order valence-corrected chi connectivity index (χ1v) is 9.92. The predicted octanol–water partition coefficient (Wildman–Crippen LogP) is 4.34. The van der Waals surface area contributed by atoms with E-state index in [0.717, 1.165) is 38.5 Å². The Kier molecular flexibility index (Phi) is 19.1. The summed E-state index contributed by atoms with van der Waals surface area (Å²) >= 11 is 0. The van der Waals surface area contributed by atoms with Crippen LogP contribution in [0, 0.1) is 0 Å². The molecular weight excluding hydrogens is 311 g/mol. The second-order valence-corrected chi connectivity index (χ2v) is 7.00. The molecule has 0 aromatic rings. The van der Waals surface area contributed by atoms with Gasteiger partial charge in [-0.15, -0.1) is 0 Å². The van der Waals surface area contributed by atoms with E-state index in [1.54, 1.807) is 6.92 Å². The number of hydrogen-bond donors (Lipinski definition) is 0. The molecule has 4 nitrogen and oxygen atoms in total. The molecule has 0 aliphatic rings. The zero-order valence-corrected chi connectivity index (χ0v) is 14.9. The minimum atomic E-state index is -3.82. The minimum absolute atomic E-state index is 0. The molecule has 0 saturated carbocycles. The van der Waals surface area contributed by atoms with Crippen molar-refractivity contribution in [3.8, 4) is 0 Å². The number of unbranched alkanes of at least 4 members (excludes halogenated alkanes) is 8. The van der Waals surface area contributed by atoms with Crippen LogP contribution in [-0.4, -0.2) is 50.7 Å². The zero-order valence-electron chi connectivity index (χ0n) is 14.1. The molecule has 130 valence electrons.